The Hall–Kier alpha value is -2.19. The molecule has 0 aliphatic carbocycles. The fraction of sp³-hybridized carbons (Fsp3) is 0.231. The van der Waals surface area contributed by atoms with Gasteiger partial charge in [-0.3, -0.25) is 0 Å². The van der Waals surface area contributed by atoms with E-state index in [9.17, 15) is 9.59 Å². The third kappa shape index (κ3) is 4.53. The molecule has 5 nitrogen and oxygen atoms in total. The molecule has 6 heteroatoms. The van der Waals surface area contributed by atoms with Crippen LogP contribution in [0.5, 0.6) is 0 Å². The lowest BCUT2D eigenvalue weighted by Crippen LogP contribution is -2.35. The van der Waals surface area contributed by atoms with Gasteiger partial charge in [0.2, 0.25) is 0 Å². The van der Waals surface area contributed by atoms with Crippen molar-refractivity contribution >= 4 is 29.3 Å². The number of carboxylic acids is 1. The Bertz CT molecular complexity index is 537. The highest BCUT2D eigenvalue weighted by molar-refractivity contribution is 6.33. The summed E-state index contributed by atoms with van der Waals surface area (Å²) in [4.78, 5) is 22.3. The number of aromatic carboxylic acids is 1. The fourth-order valence-corrected chi connectivity index (χ4v) is 1.65. The summed E-state index contributed by atoms with van der Waals surface area (Å²) >= 11 is 5.78. The maximum Gasteiger partial charge on any atom is 0.337 e. The van der Waals surface area contributed by atoms with E-state index < -0.39 is 12.0 Å². The van der Waals surface area contributed by atoms with Crippen molar-refractivity contribution in [2.75, 3.05) is 5.32 Å². The first-order valence-electron chi connectivity index (χ1n) is 5.48. The van der Waals surface area contributed by atoms with E-state index in [0.29, 0.717) is 12.1 Å². The van der Waals surface area contributed by atoms with Crippen molar-refractivity contribution in [1.29, 1.82) is 0 Å². The summed E-state index contributed by atoms with van der Waals surface area (Å²) < 4.78 is 0. The summed E-state index contributed by atoms with van der Waals surface area (Å²) in [6, 6.07) is 3.57. The second-order valence-corrected chi connectivity index (χ2v) is 4.31. The van der Waals surface area contributed by atoms with Crippen molar-refractivity contribution in [2.24, 2.45) is 0 Å². The molecule has 0 saturated heterocycles. The van der Waals surface area contributed by atoms with E-state index in [1.807, 2.05) is 0 Å². The molecule has 0 aliphatic heterocycles. The van der Waals surface area contributed by atoms with Gasteiger partial charge in [0.05, 0.1) is 10.6 Å². The summed E-state index contributed by atoms with van der Waals surface area (Å²) in [6.07, 6.45) is 5.55. The van der Waals surface area contributed by atoms with E-state index in [1.54, 1.807) is 6.92 Å². The Morgan fingerprint density at radius 2 is 2.21 bits per heavy atom. The fourth-order valence-electron chi connectivity index (χ4n) is 1.39. The van der Waals surface area contributed by atoms with Gasteiger partial charge >= 0.3 is 12.0 Å². The van der Waals surface area contributed by atoms with Crippen LogP contribution in [0.2, 0.25) is 5.02 Å². The van der Waals surface area contributed by atoms with Crippen LogP contribution in [0.3, 0.4) is 0 Å². The second kappa shape index (κ2) is 6.66. The van der Waals surface area contributed by atoms with Crippen LogP contribution in [-0.4, -0.2) is 23.1 Å². The number of halogens is 1. The molecule has 1 rings (SSSR count). The molecule has 0 radical (unpaired) electrons. The zero-order valence-corrected chi connectivity index (χ0v) is 11.0. The molecule has 0 aromatic heterocycles. The van der Waals surface area contributed by atoms with Gasteiger partial charge in [-0.15, -0.1) is 12.3 Å². The van der Waals surface area contributed by atoms with Crippen LogP contribution in [0.4, 0.5) is 10.5 Å². The second-order valence-electron chi connectivity index (χ2n) is 3.91. The third-order valence-electron chi connectivity index (χ3n) is 2.26. The van der Waals surface area contributed by atoms with Gasteiger partial charge in [0, 0.05) is 18.2 Å². The van der Waals surface area contributed by atoms with Crippen molar-refractivity contribution in [1.82, 2.24) is 5.32 Å². The largest absolute Gasteiger partial charge is 0.478 e. The van der Waals surface area contributed by atoms with Crippen LogP contribution in [0, 0.1) is 12.3 Å². The van der Waals surface area contributed by atoms with Crippen molar-refractivity contribution in [3.05, 3.63) is 28.8 Å². The molecule has 0 heterocycles. The topological polar surface area (TPSA) is 78.4 Å². The number of urea groups is 1. The first-order chi connectivity index (χ1) is 8.93. The molecule has 1 unspecified atom stereocenters. The standard InChI is InChI=1S/C13H13ClN2O3/c1-3-4-8(2)15-13(19)16-9-5-6-10(12(17)18)11(14)7-9/h1,5-8H,4H2,2H3,(H,17,18)(H2,15,16,19). The van der Waals surface area contributed by atoms with Crippen molar-refractivity contribution in [3.63, 3.8) is 0 Å². The summed E-state index contributed by atoms with van der Waals surface area (Å²) in [5.74, 6) is 1.32. The van der Waals surface area contributed by atoms with E-state index in [1.165, 1.54) is 18.2 Å². The summed E-state index contributed by atoms with van der Waals surface area (Å²) in [5, 5.41) is 14.0. The molecule has 0 bridgehead atoms. The molecule has 0 aliphatic rings. The number of nitrogens with one attached hydrogen (secondary N) is 2. The van der Waals surface area contributed by atoms with Gasteiger partial charge < -0.3 is 15.7 Å². The highest BCUT2D eigenvalue weighted by Crippen LogP contribution is 2.20. The van der Waals surface area contributed by atoms with E-state index in [0.717, 1.165) is 0 Å². The van der Waals surface area contributed by atoms with Crippen LogP contribution in [0.1, 0.15) is 23.7 Å². The Morgan fingerprint density at radius 3 is 2.74 bits per heavy atom. The van der Waals surface area contributed by atoms with E-state index in [2.05, 4.69) is 16.6 Å². The highest BCUT2D eigenvalue weighted by Gasteiger charge is 2.11. The van der Waals surface area contributed by atoms with Crippen molar-refractivity contribution in [3.8, 4) is 12.3 Å². The van der Waals surface area contributed by atoms with Gasteiger partial charge in [-0.2, -0.15) is 0 Å². The lowest BCUT2D eigenvalue weighted by molar-refractivity contribution is 0.0697. The van der Waals surface area contributed by atoms with Gasteiger partial charge in [0.15, 0.2) is 0 Å². The monoisotopic (exact) mass is 280 g/mol. The first kappa shape index (κ1) is 14.9. The van der Waals surface area contributed by atoms with Crippen molar-refractivity contribution in [2.45, 2.75) is 19.4 Å². The number of amides is 2. The molecule has 19 heavy (non-hydrogen) atoms. The zero-order valence-electron chi connectivity index (χ0n) is 10.2. The van der Waals surface area contributed by atoms with Crippen LogP contribution >= 0.6 is 11.6 Å². The average molecular weight is 281 g/mol. The molecule has 1 atom stereocenters. The van der Waals surface area contributed by atoms with Crippen molar-refractivity contribution < 1.29 is 14.7 Å². The molecule has 0 fully saturated rings. The molecular formula is C13H13ClN2O3. The Labute approximate surface area is 116 Å². The van der Waals surface area contributed by atoms with Crippen LogP contribution in [-0.2, 0) is 0 Å². The Kier molecular flexibility index (Phi) is 5.22. The third-order valence-corrected chi connectivity index (χ3v) is 2.57. The number of rotatable bonds is 4. The van der Waals surface area contributed by atoms with E-state index in [-0.39, 0.29) is 16.6 Å². The average Bonchev–Trinajstić information content (AvgIpc) is 2.28. The van der Waals surface area contributed by atoms with Crippen LogP contribution < -0.4 is 10.6 Å². The number of hydrogen-bond donors (Lipinski definition) is 3. The Morgan fingerprint density at radius 1 is 1.53 bits per heavy atom. The highest BCUT2D eigenvalue weighted by atomic mass is 35.5. The van der Waals surface area contributed by atoms with Gasteiger partial charge in [-0.1, -0.05) is 11.6 Å². The quantitative estimate of drug-likeness (QED) is 0.742. The first-order valence-corrected chi connectivity index (χ1v) is 5.85. The molecular weight excluding hydrogens is 268 g/mol. The van der Waals surface area contributed by atoms with E-state index in [4.69, 9.17) is 23.1 Å². The molecule has 2 amide bonds. The number of benzene rings is 1. The summed E-state index contributed by atoms with van der Waals surface area (Å²) in [6.45, 7) is 1.78. The molecule has 0 spiro atoms. The summed E-state index contributed by atoms with van der Waals surface area (Å²) in [7, 11) is 0. The SMILES string of the molecule is C#CCC(C)NC(=O)Nc1ccc(C(=O)O)c(Cl)c1. The van der Waals surface area contributed by atoms with Crippen LogP contribution in [0.15, 0.2) is 18.2 Å². The van der Waals surface area contributed by atoms with E-state index >= 15 is 0 Å². The van der Waals surface area contributed by atoms with Gasteiger partial charge in [0.25, 0.3) is 0 Å². The molecule has 1 aromatic carbocycles. The smallest absolute Gasteiger partial charge is 0.337 e. The minimum atomic E-state index is -1.12. The number of carbonyl (C=O) groups is 2. The minimum absolute atomic E-state index is 0.0201. The molecule has 1 aromatic rings. The summed E-state index contributed by atoms with van der Waals surface area (Å²) in [5.41, 5.74) is 0.383. The lowest BCUT2D eigenvalue weighted by atomic mass is 10.2. The van der Waals surface area contributed by atoms with Gasteiger partial charge in [-0.05, 0) is 25.1 Å². The maximum atomic E-state index is 11.6. The number of carboxylic acid groups (broad SMARTS) is 1. The van der Waals surface area contributed by atoms with Gasteiger partial charge in [-0.25, -0.2) is 9.59 Å². The number of carbonyl (C=O) groups excluding carboxylic acids is 1. The predicted octanol–water partition coefficient (Wildman–Crippen LogP) is 2.57. The van der Waals surface area contributed by atoms with Gasteiger partial charge in [0.1, 0.15) is 0 Å². The Balaban J connectivity index is 2.68. The number of anilines is 1. The predicted molar refractivity (Wildman–Crippen MR) is 73.5 cm³/mol. The molecule has 0 saturated carbocycles. The number of terminal acetylenes is 1. The maximum absolute atomic E-state index is 11.6. The lowest BCUT2D eigenvalue weighted by Gasteiger charge is -2.12. The van der Waals surface area contributed by atoms with Crippen LogP contribution in [0.25, 0.3) is 0 Å². The minimum Gasteiger partial charge on any atom is -0.478 e. The normalized spacial score (nSPS) is 11.2. The molecule has 3 N–H and O–H groups in total. The zero-order chi connectivity index (χ0) is 14.4. The molecule has 100 valence electrons. The number of hydrogen-bond acceptors (Lipinski definition) is 2.